The molecule has 216 valence electrons. The quantitative estimate of drug-likeness (QED) is 0.335. The number of rotatable bonds is 4. The van der Waals surface area contributed by atoms with Crippen LogP contribution in [0.5, 0.6) is 0 Å². The van der Waals surface area contributed by atoms with Crippen LogP contribution in [0.4, 0.5) is 14.9 Å². The average Bonchev–Trinajstić information content (AvgIpc) is 3.66. The second-order valence-electron chi connectivity index (χ2n) is 11.8. The van der Waals surface area contributed by atoms with Crippen LogP contribution in [-0.4, -0.2) is 62.1 Å². The van der Waals surface area contributed by atoms with Crippen LogP contribution < -0.4 is 5.32 Å². The fourth-order valence-corrected chi connectivity index (χ4v) is 6.50. The molecule has 4 aromatic rings. The number of benzene rings is 3. The van der Waals surface area contributed by atoms with Crippen molar-refractivity contribution in [2.75, 3.05) is 25.0 Å². The van der Waals surface area contributed by atoms with Gasteiger partial charge in [0.2, 0.25) is 0 Å². The summed E-state index contributed by atoms with van der Waals surface area (Å²) in [6, 6.07) is 16.4. The maximum Gasteiger partial charge on any atom is 0.321 e. The Morgan fingerprint density at radius 1 is 1.02 bits per heavy atom. The number of hydrogen-bond acceptors (Lipinski definition) is 4. The molecule has 42 heavy (non-hydrogen) atoms. The van der Waals surface area contributed by atoms with Gasteiger partial charge in [-0.1, -0.05) is 24.3 Å². The average molecular weight is 568 g/mol. The van der Waals surface area contributed by atoms with E-state index in [9.17, 15) is 14.7 Å². The lowest BCUT2D eigenvalue weighted by Crippen LogP contribution is -2.38. The van der Waals surface area contributed by atoms with Crippen LogP contribution in [0.2, 0.25) is 0 Å². The maximum absolute atomic E-state index is 15.5. The van der Waals surface area contributed by atoms with Crippen LogP contribution in [0.3, 0.4) is 0 Å². The van der Waals surface area contributed by atoms with Gasteiger partial charge in [-0.2, -0.15) is 0 Å². The number of nitrogens with one attached hydrogen (secondary N) is 1. The second kappa shape index (κ2) is 10.2. The molecule has 3 aromatic carbocycles. The monoisotopic (exact) mass is 567 g/mol. The van der Waals surface area contributed by atoms with E-state index in [4.69, 9.17) is 4.98 Å². The van der Waals surface area contributed by atoms with E-state index in [1.165, 1.54) is 22.1 Å². The van der Waals surface area contributed by atoms with Gasteiger partial charge in [-0.05, 0) is 85.5 Å². The summed E-state index contributed by atoms with van der Waals surface area (Å²) in [6.07, 6.45) is 2.93. The molecule has 1 aliphatic carbocycles. The SMILES string of the molecule is C[C@@H]1c2ccccc2CCN1C(=O)c1cc(C2CC2)c2nc(-c3ccc(NC(=O)N4CC[C@@H](O)C4)cc3F)n(C)c2c1. The first-order chi connectivity index (χ1) is 20.3. The van der Waals surface area contributed by atoms with Crippen molar-refractivity contribution in [1.29, 1.82) is 0 Å². The number of fused-ring (bicyclic) bond motifs is 2. The minimum absolute atomic E-state index is 0.000323. The van der Waals surface area contributed by atoms with Gasteiger partial charge >= 0.3 is 6.03 Å². The molecule has 0 spiro atoms. The molecule has 0 radical (unpaired) electrons. The second-order valence-corrected chi connectivity index (χ2v) is 11.8. The van der Waals surface area contributed by atoms with Crippen molar-refractivity contribution in [1.82, 2.24) is 19.4 Å². The van der Waals surface area contributed by atoms with Crippen molar-refractivity contribution in [2.24, 2.45) is 7.05 Å². The molecular weight excluding hydrogens is 533 g/mol. The first-order valence-corrected chi connectivity index (χ1v) is 14.7. The van der Waals surface area contributed by atoms with Crippen molar-refractivity contribution in [3.05, 3.63) is 82.7 Å². The highest BCUT2D eigenvalue weighted by Gasteiger charge is 2.32. The lowest BCUT2D eigenvalue weighted by Gasteiger charge is -2.35. The molecule has 0 bridgehead atoms. The molecule has 2 fully saturated rings. The number of likely N-dealkylation sites (tertiary alicyclic amines) is 1. The van der Waals surface area contributed by atoms with E-state index >= 15 is 4.39 Å². The molecule has 1 aromatic heterocycles. The predicted octanol–water partition coefficient (Wildman–Crippen LogP) is 5.61. The highest BCUT2D eigenvalue weighted by Crippen LogP contribution is 2.44. The van der Waals surface area contributed by atoms with E-state index in [1.807, 2.05) is 40.8 Å². The van der Waals surface area contributed by atoms with Crippen LogP contribution in [0.1, 0.15) is 65.2 Å². The number of anilines is 1. The van der Waals surface area contributed by atoms with Gasteiger partial charge in [-0.3, -0.25) is 4.79 Å². The number of aliphatic hydroxyl groups excluding tert-OH is 1. The lowest BCUT2D eigenvalue weighted by atomic mass is 9.92. The zero-order chi connectivity index (χ0) is 29.1. The third-order valence-corrected chi connectivity index (χ3v) is 9.05. The molecule has 9 heteroatoms. The van der Waals surface area contributed by atoms with Crippen LogP contribution in [-0.2, 0) is 13.5 Å². The number of aromatic nitrogens is 2. The highest BCUT2D eigenvalue weighted by molar-refractivity contribution is 5.99. The molecular formula is C33H34FN5O3. The molecule has 8 nitrogen and oxygen atoms in total. The van der Waals surface area contributed by atoms with Gasteiger partial charge in [0.05, 0.1) is 28.7 Å². The van der Waals surface area contributed by atoms with E-state index in [2.05, 4.69) is 24.4 Å². The minimum atomic E-state index is -0.524. The van der Waals surface area contributed by atoms with Crippen LogP contribution >= 0.6 is 0 Å². The van der Waals surface area contributed by atoms with Crippen molar-refractivity contribution in [3.63, 3.8) is 0 Å². The first-order valence-electron chi connectivity index (χ1n) is 14.7. The number of imidazole rings is 1. The number of amides is 3. The summed E-state index contributed by atoms with van der Waals surface area (Å²) in [5, 5.41) is 12.4. The molecule has 1 saturated heterocycles. The molecule has 7 rings (SSSR count). The standard InChI is InChI=1S/C33H34FN5O3/c1-19-25-6-4-3-5-20(25)11-14-39(19)32(41)22-15-27(21-7-8-21)30-29(16-22)37(2)31(36-30)26-10-9-23(17-28(26)34)35-33(42)38-13-12-24(40)18-38/h3-6,9-10,15-17,19,21,24,40H,7-8,11-14,18H2,1-2H3,(H,35,42)/t19-,24-/m1/s1. The number of aryl methyl sites for hydroxylation is 1. The van der Waals surface area contributed by atoms with Gasteiger partial charge in [0.25, 0.3) is 5.91 Å². The fraction of sp³-hybridized carbons (Fsp3) is 0.364. The number of β-amino-alcohol motifs (C(OH)–C–C–N with tert-alkyl or cyclic N) is 1. The predicted molar refractivity (Wildman–Crippen MR) is 159 cm³/mol. The molecule has 3 amide bonds. The zero-order valence-corrected chi connectivity index (χ0v) is 23.8. The summed E-state index contributed by atoms with van der Waals surface area (Å²) in [5.74, 6) is 0.307. The summed E-state index contributed by atoms with van der Waals surface area (Å²) < 4.78 is 17.4. The molecule has 2 atom stereocenters. The Bertz CT molecular complexity index is 1730. The molecule has 3 heterocycles. The molecule has 2 N–H and O–H groups in total. The summed E-state index contributed by atoms with van der Waals surface area (Å²) in [7, 11) is 1.85. The van der Waals surface area contributed by atoms with Gasteiger partial charge in [0, 0.05) is 37.9 Å². The van der Waals surface area contributed by atoms with E-state index in [0.29, 0.717) is 48.1 Å². The van der Waals surface area contributed by atoms with Gasteiger partial charge in [-0.25, -0.2) is 14.2 Å². The van der Waals surface area contributed by atoms with Gasteiger partial charge in [0.1, 0.15) is 11.6 Å². The molecule has 2 aliphatic heterocycles. The number of nitrogens with zero attached hydrogens (tertiary/aromatic N) is 4. The first kappa shape index (κ1) is 26.6. The van der Waals surface area contributed by atoms with Crippen LogP contribution in [0, 0.1) is 5.82 Å². The topological polar surface area (TPSA) is 90.7 Å². The normalized spacial score (nSPS) is 20.2. The van der Waals surface area contributed by atoms with Crippen molar-refractivity contribution < 1.29 is 19.1 Å². The Labute approximate surface area is 243 Å². The van der Waals surface area contributed by atoms with E-state index in [0.717, 1.165) is 35.9 Å². The van der Waals surface area contributed by atoms with Crippen LogP contribution in [0.25, 0.3) is 22.4 Å². The Hall–Kier alpha value is -4.24. The maximum atomic E-state index is 15.5. The number of carbonyl (C=O) groups excluding carboxylic acids is 2. The van der Waals surface area contributed by atoms with Gasteiger partial charge < -0.3 is 24.8 Å². The zero-order valence-electron chi connectivity index (χ0n) is 23.8. The Kier molecular flexibility index (Phi) is 6.50. The Morgan fingerprint density at radius 2 is 1.83 bits per heavy atom. The smallest absolute Gasteiger partial charge is 0.321 e. The Morgan fingerprint density at radius 3 is 2.57 bits per heavy atom. The number of urea groups is 1. The third-order valence-electron chi connectivity index (χ3n) is 9.05. The molecule has 0 unspecified atom stereocenters. The van der Waals surface area contributed by atoms with Crippen molar-refractivity contribution in [3.8, 4) is 11.4 Å². The molecule has 1 saturated carbocycles. The third kappa shape index (κ3) is 4.61. The van der Waals surface area contributed by atoms with Crippen molar-refractivity contribution in [2.45, 2.75) is 50.7 Å². The number of hydrogen-bond donors (Lipinski definition) is 2. The van der Waals surface area contributed by atoms with E-state index in [1.54, 1.807) is 12.1 Å². The Balaban J connectivity index is 1.21. The van der Waals surface area contributed by atoms with E-state index < -0.39 is 11.9 Å². The summed E-state index contributed by atoms with van der Waals surface area (Å²) in [4.78, 5) is 34.8. The summed E-state index contributed by atoms with van der Waals surface area (Å²) in [5.41, 5.74) is 6.42. The number of aliphatic hydroxyl groups is 1. The summed E-state index contributed by atoms with van der Waals surface area (Å²) in [6.45, 7) is 3.48. The largest absolute Gasteiger partial charge is 0.391 e. The highest BCUT2D eigenvalue weighted by atomic mass is 19.1. The molecule has 3 aliphatic rings. The minimum Gasteiger partial charge on any atom is -0.391 e. The van der Waals surface area contributed by atoms with Gasteiger partial charge in [-0.15, -0.1) is 0 Å². The number of carbonyl (C=O) groups is 2. The summed E-state index contributed by atoms with van der Waals surface area (Å²) >= 11 is 0. The van der Waals surface area contributed by atoms with Crippen molar-refractivity contribution >= 4 is 28.7 Å². The van der Waals surface area contributed by atoms with Gasteiger partial charge in [0.15, 0.2) is 0 Å². The fourth-order valence-electron chi connectivity index (χ4n) is 6.50. The van der Waals surface area contributed by atoms with Crippen LogP contribution in [0.15, 0.2) is 54.6 Å². The van der Waals surface area contributed by atoms with E-state index in [-0.39, 0.29) is 24.5 Å². The lowest BCUT2D eigenvalue weighted by molar-refractivity contribution is 0.0677. The number of halogens is 1.